The number of aromatic nitrogens is 2. The van der Waals surface area contributed by atoms with Crippen LogP contribution in [-0.4, -0.2) is 9.97 Å². The summed E-state index contributed by atoms with van der Waals surface area (Å²) in [6.07, 6.45) is 5.07. The van der Waals surface area contributed by atoms with Crippen LogP contribution in [0.4, 0.5) is 0 Å². The van der Waals surface area contributed by atoms with Crippen LogP contribution in [0.15, 0.2) is 41.3 Å². The molecule has 2 aromatic heterocycles. The van der Waals surface area contributed by atoms with Crippen LogP contribution in [0.5, 0.6) is 11.6 Å². The molecule has 2 heterocycles. The van der Waals surface area contributed by atoms with Gasteiger partial charge < -0.3 is 4.74 Å². The van der Waals surface area contributed by atoms with Crippen molar-refractivity contribution in [2.45, 2.75) is 6.92 Å². The number of ether oxygens (including phenoxy) is 1. The van der Waals surface area contributed by atoms with Gasteiger partial charge in [-0.25, -0.2) is 4.98 Å². The first-order valence-electron chi connectivity index (χ1n) is 4.46. The van der Waals surface area contributed by atoms with E-state index in [1.807, 2.05) is 25.1 Å². The first-order chi connectivity index (χ1) is 7.25. The van der Waals surface area contributed by atoms with Crippen LogP contribution in [0.2, 0.25) is 0 Å². The average Bonchev–Trinajstić information content (AvgIpc) is 2.24. The highest BCUT2D eigenvalue weighted by Gasteiger charge is 2.03. The molecule has 0 aliphatic carbocycles. The number of halogens is 1. The third-order valence-corrected chi connectivity index (χ3v) is 2.28. The fourth-order valence-electron chi connectivity index (χ4n) is 1.15. The van der Waals surface area contributed by atoms with Crippen molar-refractivity contribution in [3.05, 3.63) is 46.8 Å². The van der Waals surface area contributed by atoms with Gasteiger partial charge in [0.2, 0.25) is 5.88 Å². The summed E-state index contributed by atoms with van der Waals surface area (Å²) in [7, 11) is 0. The van der Waals surface area contributed by atoms with E-state index in [-0.39, 0.29) is 0 Å². The number of nitrogens with zero attached hydrogens (tertiary/aromatic N) is 2. The van der Waals surface area contributed by atoms with Crippen molar-refractivity contribution >= 4 is 15.9 Å². The second kappa shape index (κ2) is 4.40. The summed E-state index contributed by atoms with van der Waals surface area (Å²) in [5.41, 5.74) is 0.980. The summed E-state index contributed by atoms with van der Waals surface area (Å²) >= 11 is 3.35. The molecule has 0 aliphatic rings. The van der Waals surface area contributed by atoms with Crippen molar-refractivity contribution in [2.75, 3.05) is 0 Å². The second-order valence-corrected chi connectivity index (χ2v) is 3.98. The number of aryl methyl sites for hydroxylation is 1. The maximum Gasteiger partial charge on any atom is 0.222 e. The molecule has 0 aromatic carbocycles. The molecule has 0 saturated heterocycles. The van der Waals surface area contributed by atoms with Gasteiger partial charge >= 0.3 is 0 Å². The van der Waals surface area contributed by atoms with Crippen LogP contribution in [0.25, 0.3) is 0 Å². The minimum Gasteiger partial charge on any atom is -0.437 e. The molecule has 2 rings (SSSR count). The SMILES string of the molecule is Cc1cc(Br)cnc1Oc1cccnc1. The largest absolute Gasteiger partial charge is 0.437 e. The van der Waals surface area contributed by atoms with E-state index in [4.69, 9.17) is 4.74 Å². The zero-order chi connectivity index (χ0) is 10.7. The van der Waals surface area contributed by atoms with Crippen LogP contribution < -0.4 is 4.74 Å². The summed E-state index contributed by atoms with van der Waals surface area (Å²) in [5.74, 6) is 1.29. The molecule has 0 saturated carbocycles. The van der Waals surface area contributed by atoms with Crippen molar-refractivity contribution < 1.29 is 4.74 Å². The van der Waals surface area contributed by atoms with Crippen LogP contribution in [0.3, 0.4) is 0 Å². The zero-order valence-electron chi connectivity index (χ0n) is 8.14. The third kappa shape index (κ3) is 2.53. The Balaban J connectivity index is 2.25. The van der Waals surface area contributed by atoms with E-state index < -0.39 is 0 Å². The molecule has 2 aromatic rings. The van der Waals surface area contributed by atoms with E-state index in [9.17, 15) is 0 Å². The summed E-state index contributed by atoms with van der Waals surface area (Å²) < 4.78 is 6.51. The smallest absolute Gasteiger partial charge is 0.222 e. The molecule has 0 amide bonds. The molecule has 4 heteroatoms. The van der Waals surface area contributed by atoms with E-state index in [1.54, 1.807) is 18.6 Å². The summed E-state index contributed by atoms with van der Waals surface area (Å²) in [5, 5.41) is 0. The molecular formula is C11H9BrN2O. The molecule has 0 unspecified atom stereocenters. The fourth-order valence-corrected chi connectivity index (χ4v) is 1.60. The quantitative estimate of drug-likeness (QED) is 0.835. The number of hydrogen-bond acceptors (Lipinski definition) is 3. The molecule has 0 radical (unpaired) electrons. The predicted octanol–water partition coefficient (Wildman–Crippen LogP) is 3.34. The lowest BCUT2D eigenvalue weighted by Gasteiger charge is -2.06. The Hall–Kier alpha value is -1.42. The maximum absolute atomic E-state index is 5.57. The number of pyridine rings is 2. The standard InChI is InChI=1S/C11H9BrN2O/c1-8-5-9(12)6-14-11(8)15-10-3-2-4-13-7-10/h2-7H,1H3. The average molecular weight is 265 g/mol. The molecular weight excluding hydrogens is 256 g/mol. The molecule has 0 N–H and O–H groups in total. The normalized spacial score (nSPS) is 10.0. The summed E-state index contributed by atoms with van der Waals surface area (Å²) in [6.45, 7) is 1.95. The van der Waals surface area contributed by atoms with Gasteiger partial charge in [0.1, 0.15) is 5.75 Å². The molecule has 0 atom stereocenters. The summed E-state index contributed by atoms with van der Waals surface area (Å²) in [4.78, 5) is 8.14. The lowest BCUT2D eigenvalue weighted by molar-refractivity contribution is 0.456. The lowest BCUT2D eigenvalue weighted by atomic mass is 10.3. The first kappa shape index (κ1) is 10.1. The fraction of sp³-hybridized carbons (Fsp3) is 0.0909. The minimum atomic E-state index is 0.603. The Morgan fingerprint density at radius 1 is 1.33 bits per heavy atom. The van der Waals surface area contributed by atoms with E-state index in [2.05, 4.69) is 25.9 Å². The van der Waals surface area contributed by atoms with Gasteiger partial charge in [0.05, 0.1) is 6.20 Å². The van der Waals surface area contributed by atoms with Crippen molar-refractivity contribution in [1.29, 1.82) is 0 Å². The molecule has 76 valence electrons. The van der Waals surface area contributed by atoms with Crippen molar-refractivity contribution in [1.82, 2.24) is 9.97 Å². The Morgan fingerprint density at radius 2 is 2.20 bits per heavy atom. The first-order valence-corrected chi connectivity index (χ1v) is 5.25. The summed E-state index contributed by atoms with van der Waals surface area (Å²) in [6, 6.07) is 5.62. The van der Waals surface area contributed by atoms with Gasteiger partial charge in [-0.15, -0.1) is 0 Å². The van der Waals surface area contributed by atoms with E-state index in [1.165, 1.54) is 0 Å². The van der Waals surface area contributed by atoms with Crippen LogP contribution in [-0.2, 0) is 0 Å². The van der Waals surface area contributed by atoms with Crippen LogP contribution in [0, 0.1) is 6.92 Å². The third-order valence-electron chi connectivity index (χ3n) is 1.85. The highest BCUT2D eigenvalue weighted by Crippen LogP contribution is 2.23. The highest BCUT2D eigenvalue weighted by atomic mass is 79.9. The Bertz CT molecular complexity index is 459. The van der Waals surface area contributed by atoms with Gasteiger partial charge in [0.15, 0.2) is 0 Å². The zero-order valence-corrected chi connectivity index (χ0v) is 9.73. The highest BCUT2D eigenvalue weighted by molar-refractivity contribution is 9.10. The van der Waals surface area contributed by atoms with E-state index in [0.717, 1.165) is 10.0 Å². The Morgan fingerprint density at radius 3 is 2.87 bits per heavy atom. The molecule has 0 fully saturated rings. The predicted molar refractivity (Wildman–Crippen MR) is 61.0 cm³/mol. The Kier molecular flexibility index (Phi) is 2.97. The second-order valence-electron chi connectivity index (χ2n) is 3.07. The Labute approximate surface area is 96.3 Å². The van der Waals surface area contributed by atoms with Gasteiger partial charge in [-0.2, -0.15) is 0 Å². The molecule has 3 nitrogen and oxygen atoms in total. The topological polar surface area (TPSA) is 35.0 Å². The van der Waals surface area contributed by atoms with Crippen molar-refractivity contribution in [3.8, 4) is 11.6 Å². The molecule has 0 aliphatic heterocycles. The maximum atomic E-state index is 5.57. The van der Waals surface area contributed by atoms with Gasteiger partial charge in [-0.3, -0.25) is 4.98 Å². The lowest BCUT2D eigenvalue weighted by Crippen LogP contribution is -1.91. The number of hydrogen-bond donors (Lipinski definition) is 0. The van der Waals surface area contributed by atoms with Gasteiger partial charge in [-0.05, 0) is 41.1 Å². The number of rotatable bonds is 2. The van der Waals surface area contributed by atoms with Crippen molar-refractivity contribution in [3.63, 3.8) is 0 Å². The van der Waals surface area contributed by atoms with E-state index >= 15 is 0 Å². The molecule has 15 heavy (non-hydrogen) atoms. The monoisotopic (exact) mass is 264 g/mol. The molecule has 0 spiro atoms. The van der Waals surface area contributed by atoms with Crippen LogP contribution >= 0.6 is 15.9 Å². The van der Waals surface area contributed by atoms with Crippen molar-refractivity contribution in [2.24, 2.45) is 0 Å². The van der Waals surface area contributed by atoms with Crippen LogP contribution in [0.1, 0.15) is 5.56 Å². The van der Waals surface area contributed by atoms with E-state index in [0.29, 0.717) is 11.6 Å². The molecule has 0 bridgehead atoms. The van der Waals surface area contributed by atoms with Gasteiger partial charge in [0.25, 0.3) is 0 Å². The van der Waals surface area contributed by atoms with Gasteiger partial charge in [-0.1, -0.05) is 0 Å². The minimum absolute atomic E-state index is 0.603. The van der Waals surface area contributed by atoms with Gasteiger partial charge in [0, 0.05) is 22.4 Å².